The fourth-order valence-corrected chi connectivity index (χ4v) is 4.14. The molecule has 2 aromatic carbocycles. The number of aliphatic hydroxyl groups excluding tert-OH is 1. The van der Waals surface area contributed by atoms with Crippen LogP contribution in [0.5, 0.6) is 5.75 Å². The minimum atomic E-state index is -0.863. The van der Waals surface area contributed by atoms with E-state index in [0.29, 0.717) is 21.9 Å². The number of hydrogen-bond acceptors (Lipinski definition) is 5. The number of carbonyl (C=O) groups is 2. The number of aliphatic hydroxyl groups is 1. The van der Waals surface area contributed by atoms with Crippen molar-refractivity contribution < 1.29 is 24.2 Å². The minimum absolute atomic E-state index is 0.0427. The van der Waals surface area contributed by atoms with E-state index >= 15 is 0 Å². The van der Waals surface area contributed by atoms with Crippen molar-refractivity contribution in [2.45, 2.75) is 32.2 Å². The monoisotopic (exact) mass is 491 g/mol. The van der Waals surface area contributed by atoms with Gasteiger partial charge in [0.2, 0.25) is 0 Å². The van der Waals surface area contributed by atoms with Crippen LogP contribution in [0.2, 0.25) is 10.0 Å². The van der Waals surface area contributed by atoms with Crippen LogP contribution in [0, 0.1) is 0 Å². The molecule has 8 heteroatoms. The molecule has 33 heavy (non-hydrogen) atoms. The van der Waals surface area contributed by atoms with Gasteiger partial charge in [0.25, 0.3) is 11.7 Å². The zero-order valence-electron chi connectivity index (χ0n) is 19.2. The van der Waals surface area contributed by atoms with Crippen molar-refractivity contribution in [3.63, 3.8) is 0 Å². The quantitative estimate of drug-likeness (QED) is 0.334. The summed E-state index contributed by atoms with van der Waals surface area (Å²) < 4.78 is 10.6. The van der Waals surface area contributed by atoms with Gasteiger partial charge in [0.05, 0.1) is 40.9 Å². The summed E-state index contributed by atoms with van der Waals surface area (Å²) in [6.07, 6.45) is 0. The number of hydrogen-bond donors (Lipinski definition) is 1. The first-order valence-corrected chi connectivity index (χ1v) is 11.2. The Hall–Kier alpha value is -2.54. The summed E-state index contributed by atoms with van der Waals surface area (Å²) in [5.74, 6) is -1.44. The molecule has 0 radical (unpaired) electrons. The third kappa shape index (κ3) is 4.88. The molecule has 0 saturated carbocycles. The maximum Gasteiger partial charge on any atom is 0.295 e. The molecule has 1 aliphatic heterocycles. The van der Waals surface area contributed by atoms with Gasteiger partial charge in [-0.05, 0) is 40.8 Å². The highest BCUT2D eigenvalue weighted by Crippen LogP contribution is 2.42. The standard InChI is InChI=1S/C25H27Cl2NO5/c1-25(2,3)15-7-9-19(33-5)16(13-15)22(29)20-21(14-6-8-17(26)18(27)12-14)28(10-11-32-4)24(31)23(20)30/h6-9,12-13,21,29H,10-11H2,1-5H3/b22-20+. The van der Waals surface area contributed by atoms with Crippen molar-refractivity contribution in [3.8, 4) is 5.75 Å². The molecule has 3 rings (SSSR count). The number of ether oxygens (including phenoxy) is 2. The molecular formula is C25H27Cl2NO5. The van der Waals surface area contributed by atoms with E-state index in [2.05, 4.69) is 0 Å². The Balaban J connectivity index is 2.28. The van der Waals surface area contributed by atoms with E-state index in [1.807, 2.05) is 26.8 Å². The third-order valence-corrected chi connectivity index (χ3v) is 6.40. The molecule has 1 fully saturated rings. The summed E-state index contributed by atoms with van der Waals surface area (Å²) >= 11 is 12.3. The summed E-state index contributed by atoms with van der Waals surface area (Å²) in [6.45, 7) is 6.49. The van der Waals surface area contributed by atoms with Crippen molar-refractivity contribution in [1.29, 1.82) is 0 Å². The summed E-state index contributed by atoms with van der Waals surface area (Å²) in [5, 5.41) is 12.0. The Morgan fingerprint density at radius 3 is 2.33 bits per heavy atom. The molecule has 1 N–H and O–H groups in total. The smallest absolute Gasteiger partial charge is 0.295 e. The van der Waals surface area contributed by atoms with E-state index in [1.54, 1.807) is 30.3 Å². The summed E-state index contributed by atoms with van der Waals surface area (Å²) in [6, 6.07) is 9.43. The molecule has 1 atom stereocenters. The second kappa shape index (κ2) is 9.75. The van der Waals surface area contributed by atoms with E-state index in [0.717, 1.165) is 5.56 Å². The van der Waals surface area contributed by atoms with Gasteiger partial charge in [0.1, 0.15) is 11.5 Å². The maximum absolute atomic E-state index is 13.2. The van der Waals surface area contributed by atoms with Crippen LogP contribution >= 0.6 is 23.2 Å². The van der Waals surface area contributed by atoms with Crippen LogP contribution < -0.4 is 4.74 Å². The van der Waals surface area contributed by atoms with E-state index in [4.69, 9.17) is 32.7 Å². The lowest BCUT2D eigenvalue weighted by Crippen LogP contribution is -2.32. The number of amides is 1. The molecule has 1 saturated heterocycles. The van der Waals surface area contributed by atoms with Gasteiger partial charge < -0.3 is 19.5 Å². The lowest BCUT2D eigenvalue weighted by molar-refractivity contribution is -0.140. The molecular weight excluding hydrogens is 465 g/mol. The topological polar surface area (TPSA) is 76.1 Å². The first-order valence-electron chi connectivity index (χ1n) is 10.4. The molecule has 1 aliphatic rings. The van der Waals surface area contributed by atoms with Crippen LogP contribution in [-0.2, 0) is 19.7 Å². The van der Waals surface area contributed by atoms with Crippen molar-refractivity contribution in [3.05, 3.63) is 68.7 Å². The van der Waals surface area contributed by atoms with E-state index in [1.165, 1.54) is 19.1 Å². The molecule has 0 bridgehead atoms. The number of rotatable bonds is 6. The fraction of sp³-hybridized carbons (Fsp3) is 0.360. The van der Waals surface area contributed by atoms with Gasteiger partial charge in [-0.15, -0.1) is 0 Å². The first-order chi connectivity index (χ1) is 15.5. The van der Waals surface area contributed by atoms with Crippen LogP contribution in [0.15, 0.2) is 42.0 Å². The number of Topliss-reactive ketones (excluding diaryl/α,β-unsaturated/α-hetero) is 1. The number of methoxy groups -OCH3 is 2. The number of halogens is 2. The second-order valence-corrected chi connectivity index (χ2v) is 9.64. The zero-order valence-corrected chi connectivity index (χ0v) is 20.8. The Morgan fingerprint density at radius 2 is 1.76 bits per heavy atom. The molecule has 0 aromatic heterocycles. The van der Waals surface area contributed by atoms with Crippen molar-refractivity contribution in [2.75, 3.05) is 27.4 Å². The number of nitrogens with zero attached hydrogens (tertiary/aromatic N) is 1. The Labute approximate surface area is 203 Å². The van der Waals surface area contributed by atoms with Crippen LogP contribution in [0.25, 0.3) is 5.76 Å². The Morgan fingerprint density at radius 1 is 1.06 bits per heavy atom. The highest BCUT2D eigenvalue weighted by Gasteiger charge is 2.46. The van der Waals surface area contributed by atoms with Crippen LogP contribution in [0.4, 0.5) is 0 Å². The highest BCUT2D eigenvalue weighted by atomic mass is 35.5. The van der Waals surface area contributed by atoms with Crippen molar-refractivity contribution in [2.24, 2.45) is 0 Å². The summed E-state index contributed by atoms with van der Waals surface area (Å²) in [7, 11) is 2.99. The zero-order chi connectivity index (χ0) is 24.5. The van der Waals surface area contributed by atoms with Crippen molar-refractivity contribution >= 4 is 40.7 Å². The molecule has 0 aliphatic carbocycles. The Bertz CT molecular complexity index is 1120. The van der Waals surface area contributed by atoms with Gasteiger partial charge in [0, 0.05) is 13.7 Å². The SMILES string of the molecule is COCCN1C(=O)C(=O)/C(=C(/O)c2cc(C(C)(C)C)ccc2OC)C1c1ccc(Cl)c(Cl)c1. The van der Waals surface area contributed by atoms with Gasteiger partial charge in [-0.1, -0.05) is 56.1 Å². The molecule has 0 spiro atoms. The number of ketones is 1. The largest absolute Gasteiger partial charge is 0.507 e. The summed E-state index contributed by atoms with van der Waals surface area (Å²) in [5.41, 5.74) is 1.56. The molecule has 1 amide bonds. The lowest BCUT2D eigenvalue weighted by Gasteiger charge is -2.26. The van der Waals surface area contributed by atoms with E-state index in [9.17, 15) is 14.7 Å². The average molecular weight is 492 g/mol. The predicted molar refractivity (Wildman–Crippen MR) is 129 cm³/mol. The highest BCUT2D eigenvalue weighted by molar-refractivity contribution is 6.47. The molecule has 6 nitrogen and oxygen atoms in total. The number of carbonyl (C=O) groups excluding carboxylic acids is 2. The minimum Gasteiger partial charge on any atom is -0.507 e. The Kier molecular flexibility index (Phi) is 7.42. The number of benzene rings is 2. The molecule has 2 aromatic rings. The van der Waals surface area contributed by atoms with Gasteiger partial charge in [-0.3, -0.25) is 9.59 Å². The maximum atomic E-state index is 13.2. The number of likely N-dealkylation sites (tertiary alicyclic amines) is 1. The molecule has 1 heterocycles. The van der Waals surface area contributed by atoms with Crippen molar-refractivity contribution in [1.82, 2.24) is 4.90 Å². The fourth-order valence-electron chi connectivity index (χ4n) is 3.83. The molecule has 176 valence electrons. The second-order valence-electron chi connectivity index (χ2n) is 8.82. The lowest BCUT2D eigenvalue weighted by atomic mass is 9.85. The molecule has 1 unspecified atom stereocenters. The van der Waals surface area contributed by atoms with Crippen LogP contribution in [-0.4, -0.2) is 49.1 Å². The van der Waals surface area contributed by atoms with E-state index in [-0.39, 0.29) is 34.9 Å². The predicted octanol–water partition coefficient (Wildman–Crippen LogP) is 5.37. The van der Waals surface area contributed by atoms with Crippen LogP contribution in [0.3, 0.4) is 0 Å². The first kappa shape index (κ1) is 25.1. The van der Waals surface area contributed by atoms with Gasteiger partial charge in [-0.25, -0.2) is 0 Å². The average Bonchev–Trinajstić information content (AvgIpc) is 3.02. The van der Waals surface area contributed by atoms with Gasteiger partial charge >= 0.3 is 0 Å². The van der Waals surface area contributed by atoms with Crippen LogP contribution in [0.1, 0.15) is 43.5 Å². The normalized spacial score (nSPS) is 18.2. The van der Waals surface area contributed by atoms with Gasteiger partial charge in [0.15, 0.2) is 0 Å². The van der Waals surface area contributed by atoms with Gasteiger partial charge in [-0.2, -0.15) is 0 Å². The summed E-state index contributed by atoms with van der Waals surface area (Å²) in [4.78, 5) is 27.5. The third-order valence-electron chi connectivity index (χ3n) is 5.66. The van der Waals surface area contributed by atoms with E-state index < -0.39 is 17.7 Å².